The largest absolute Gasteiger partial charge is 0.325 e. The third kappa shape index (κ3) is 3.39. The first-order valence-corrected chi connectivity index (χ1v) is 11.2. The van der Waals surface area contributed by atoms with Crippen LogP contribution in [0.25, 0.3) is 11.4 Å². The summed E-state index contributed by atoms with van der Waals surface area (Å²) in [6, 6.07) is 10.5. The lowest BCUT2D eigenvalue weighted by atomic mass is 9.99. The van der Waals surface area contributed by atoms with E-state index in [0.717, 1.165) is 16.3 Å². The average molecular weight is 464 g/mol. The van der Waals surface area contributed by atoms with Gasteiger partial charge in [-0.3, -0.25) is 24.0 Å². The molecule has 0 radical (unpaired) electrons. The molecular formula is C25H29N5O4. The maximum Gasteiger partial charge on any atom is 0.325 e. The van der Waals surface area contributed by atoms with Crippen molar-refractivity contribution in [1.29, 1.82) is 0 Å². The van der Waals surface area contributed by atoms with E-state index in [1.807, 2.05) is 58.2 Å². The van der Waals surface area contributed by atoms with Crippen LogP contribution in [0.2, 0.25) is 0 Å². The molecule has 9 heteroatoms. The quantitative estimate of drug-likeness (QED) is 0.449. The summed E-state index contributed by atoms with van der Waals surface area (Å²) in [6.45, 7) is 8.55. The summed E-state index contributed by atoms with van der Waals surface area (Å²) in [7, 11) is 1.82. The van der Waals surface area contributed by atoms with Crippen LogP contribution in [-0.2, 0) is 11.8 Å². The SMILES string of the molecule is CCC1(C)NC(=O)N(CC(=O)c2cc(C)n(-c3c(C)n(C)n(-c4ccccc4)c3=O)c2C)C1=O. The van der Waals surface area contributed by atoms with Crippen molar-refractivity contribution in [3.63, 3.8) is 0 Å². The van der Waals surface area contributed by atoms with Gasteiger partial charge in [0.15, 0.2) is 5.78 Å². The first-order chi connectivity index (χ1) is 16.0. The minimum Gasteiger partial charge on any atom is -0.323 e. The Kier molecular flexibility index (Phi) is 5.59. The van der Waals surface area contributed by atoms with Crippen molar-refractivity contribution in [1.82, 2.24) is 24.1 Å². The number of amides is 3. The predicted octanol–water partition coefficient (Wildman–Crippen LogP) is 2.80. The minimum absolute atomic E-state index is 0.209. The molecule has 1 atom stereocenters. The molecule has 1 saturated heterocycles. The minimum atomic E-state index is -1.00. The van der Waals surface area contributed by atoms with Gasteiger partial charge in [-0.1, -0.05) is 25.1 Å². The molecule has 3 amide bonds. The van der Waals surface area contributed by atoms with Crippen molar-refractivity contribution in [3.05, 3.63) is 69.4 Å². The number of carbonyl (C=O) groups is 3. The Bertz CT molecular complexity index is 1380. The van der Waals surface area contributed by atoms with Crippen molar-refractivity contribution in [3.8, 4) is 11.4 Å². The van der Waals surface area contributed by atoms with Gasteiger partial charge < -0.3 is 9.88 Å². The molecule has 178 valence electrons. The van der Waals surface area contributed by atoms with Crippen LogP contribution >= 0.6 is 0 Å². The van der Waals surface area contributed by atoms with Crippen LogP contribution in [0.1, 0.15) is 47.7 Å². The molecule has 34 heavy (non-hydrogen) atoms. The van der Waals surface area contributed by atoms with Gasteiger partial charge in [-0.15, -0.1) is 0 Å². The molecule has 9 nitrogen and oxygen atoms in total. The topological polar surface area (TPSA) is 98.3 Å². The van der Waals surface area contributed by atoms with Crippen LogP contribution in [0, 0.1) is 20.8 Å². The number of Topliss-reactive ketones (excluding diaryl/α,β-unsaturated/α-hetero) is 1. The number of rotatable bonds is 6. The number of carbonyl (C=O) groups excluding carboxylic acids is 3. The lowest BCUT2D eigenvalue weighted by Crippen LogP contribution is -2.43. The third-order valence-electron chi connectivity index (χ3n) is 6.83. The molecule has 4 rings (SSSR count). The van der Waals surface area contributed by atoms with Gasteiger partial charge in [-0.05, 0) is 52.3 Å². The van der Waals surface area contributed by atoms with E-state index in [9.17, 15) is 19.2 Å². The van der Waals surface area contributed by atoms with Gasteiger partial charge in [0.25, 0.3) is 11.5 Å². The summed E-state index contributed by atoms with van der Waals surface area (Å²) in [5.74, 6) is -0.771. The molecule has 1 N–H and O–H groups in total. The predicted molar refractivity (Wildman–Crippen MR) is 128 cm³/mol. The molecule has 2 aromatic heterocycles. The Hall–Kier alpha value is -3.88. The number of aryl methyl sites for hydroxylation is 1. The fourth-order valence-electron chi connectivity index (χ4n) is 4.56. The summed E-state index contributed by atoms with van der Waals surface area (Å²) in [5.41, 5.74) is 2.38. The Labute approximate surface area is 197 Å². The molecule has 1 fully saturated rings. The van der Waals surface area contributed by atoms with E-state index in [0.29, 0.717) is 29.1 Å². The highest BCUT2D eigenvalue weighted by Gasteiger charge is 2.47. The van der Waals surface area contributed by atoms with Crippen LogP contribution in [0.15, 0.2) is 41.2 Å². The van der Waals surface area contributed by atoms with Gasteiger partial charge in [0, 0.05) is 24.0 Å². The van der Waals surface area contributed by atoms with Crippen molar-refractivity contribution in [2.45, 2.75) is 46.6 Å². The number of para-hydroxylation sites is 1. The standard InChI is InChI=1S/C25H29N5O4/c1-7-25(5)23(33)28(24(34)26-25)14-20(31)19-13-15(2)29(16(19)3)21-17(4)27(6)30(22(21)32)18-11-9-8-10-12-18/h8-13H,7,14H2,1-6H3,(H,26,34). The second kappa shape index (κ2) is 8.16. The van der Waals surface area contributed by atoms with Crippen molar-refractivity contribution in [2.24, 2.45) is 7.05 Å². The van der Waals surface area contributed by atoms with E-state index in [2.05, 4.69) is 5.32 Å². The first-order valence-electron chi connectivity index (χ1n) is 11.2. The molecule has 1 aromatic carbocycles. The molecule has 1 unspecified atom stereocenters. The molecule has 1 aliphatic rings. The molecular weight excluding hydrogens is 434 g/mol. The second-order valence-electron chi connectivity index (χ2n) is 8.96. The molecule has 0 aliphatic carbocycles. The van der Waals surface area contributed by atoms with Crippen LogP contribution < -0.4 is 10.9 Å². The van der Waals surface area contributed by atoms with Gasteiger partial charge in [0.2, 0.25) is 0 Å². The number of urea groups is 1. The molecule has 0 bridgehead atoms. The van der Waals surface area contributed by atoms with Gasteiger partial charge >= 0.3 is 6.03 Å². The Morgan fingerprint density at radius 3 is 2.26 bits per heavy atom. The zero-order chi connectivity index (χ0) is 24.9. The van der Waals surface area contributed by atoms with Crippen molar-refractivity contribution >= 4 is 17.7 Å². The lowest BCUT2D eigenvalue weighted by molar-refractivity contribution is -0.130. The van der Waals surface area contributed by atoms with Gasteiger partial charge in [-0.2, -0.15) is 0 Å². The Morgan fingerprint density at radius 2 is 1.68 bits per heavy atom. The highest BCUT2D eigenvalue weighted by atomic mass is 16.2. The van der Waals surface area contributed by atoms with E-state index >= 15 is 0 Å². The number of imide groups is 1. The van der Waals surface area contributed by atoms with Gasteiger partial charge in [0.1, 0.15) is 11.2 Å². The number of nitrogens with zero attached hydrogens (tertiary/aromatic N) is 4. The number of nitrogens with one attached hydrogen (secondary N) is 1. The van der Waals surface area contributed by atoms with E-state index in [1.165, 1.54) is 0 Å². The van der Waals surface area contributed by atoms with Crippen LogP contribution in [-0.4, -0.2) is 48.6 Å². The van der Waals surface area contributed by atoms with Crippen LogP contribution in [0.4, 0.5) is 4.79 Å². The molecule has 1 aliphatic heterocycles. The highest BCUT2D eigenvalue weighted by Crippen LogP contribution is 2.25. The van der Waals surface area contributed by atoms with E-state index in [4.69, 9.17) is 0 Å². The number of aromatic nitrogens is 3. The molecule has 0 saturated carbocycles. The first kappa shape index (κ1) is 23.3. The molecule has 0 spiro atoms. The Morgan fingerprint density at radius 1 is 1.03 bits per heavy atom. The van der Waals surface area contributed by atoms with Gasteiger partial charge in [-0.25, -0.2) is 9.48 Å². The number of ketones is 1. The van der Waals surface area contributed by atoms with Crippen LogP contribution in [0.3, 0.4) is 0 Å². The van der Waals surface area contributed by atoms with E-state index < -0.39 is 17.5 Å². The van der Waals surface area contributed by atoms with Crippen LogP contribution in [0.5, 0.6) is 0 Å². The second-order valence-corrected chi connectivity index (χ2v) is 8.96. The Balaban J connectivity index is 1.74. The average Bonchev–Trinajstić information content (AvgIpc) is 3.31. The zero-order valence-electron chi connectivity index (χ0n) is 20.3. The third-order valence-corrected chi connectivity index (χ3v) is 6.83. The van der Waals surface area contributed by atoms with Crippen molar-refractivity contribution in [2.75, 3.05) is 6.54 Å². The summed E-state index contributed by atoms with van der Waals surface area (Å²) < 4.78 is 5.14. The fraction of sp³-hybridized carbons (Fsp3) is 0.360. The maximum atomic E-state index is 13.5. The normalized spacial score (nSPS) is 18.0. The van der Waals surface area contributed by atoms with E-state index in [-0.39, 0.29) is 17.9 Å². The molecule has 3 aromatic rings. The number of hydrogen-bond donors (Lipinski definition) is 1. The number of benzene rings is 1. The smallest absolute Gasteiger partial charge is 0.323 e. The molecule has 3 heterocycles. The summed E-state index contributed by atoms with van der Waals surface area (Å²) in [4.78, 5) is 52.7. The lowest BCUT2D eigenvalue weighted by Gasteiger charge is -2.19. The maximum absolute atomic E-state index is 13.5. The monoisotopic (exact) mass is 463 g/mol. The number of hydrogen-bond acceptors (Lipinski definition) is 4. The zero-order valence-corrected chi connectivity index (χ0v) is 20.3. The summed E-state index contributed by atoms with van der Waals surface area (Å²) in [5, 5.41) is 2.67. The summed E-state index contributed by atoms with van der Waals surface area (Å²) >= 11 is 0. The van der Waals surface area contributed by atoms with E-state index in [1.54, 1.807) is 33.8 Å². The fourth-order valence-corrected chi connectivity index (χ4v) is 4.56. The van der Waals surface area contributed by atoms with Crippen molar-refractivity contribution < 1.29 is 14.4 Å². The van der Waals surface area contributed by atoms with Gasteiger partial charge in [0.05, 0.1) is 17.9 Å². The summed E-state index contributed by atoms with van der Waals surface area (Å²) in [6.07, 6.45) is 0.428. The highest BCUT2D eigenvalue weighted by molar-refractivity contribution is 6.11.